The summed E-state index contributed by atoms with van der Waals surface area (Å²) in [6.07, 6.45) is 1.31. The maximum absolute atomic E-state index is 13.2. The second-order valence-corrected chi connectivity index (χ2v) is 7.10. The van der Waals surface area contributed by atoms with E-state index in [2.05, 4.69) is 5.32 Å². The Morgan fingerprint density at radius 2 is 1.91 bits per heavy atom. The average molecular weight is 448 g/mol. The smallest absolute Gasteiger partial charge is 0.335 e. The van der Waals surface area contributed by atoms with Crippen molar-refractivity contribution in [2.45, 2.75) is 0 Å². The number of nitrogens with zero attached hydrogens (tertiary/aromatic N) is 1. The zero-order valence-electron chi connectivity index (χ0n) is 16.7. The van der Waals surface area contributed by atoms with Gasteiger partial charge in [0.05, 0.1) is 18.4 Å². The molecule has 1 saturated heterocycles. The molecule has 32 heavy (non-hydrogen) atoms. The molecular weight excluding hydrogens is 432 g/mol. The van der Waals surface area contributed by atoms with E-state index in [9.17, 15) is 14.4 Å². The van der Waals surface area contributed by atoms with Crippen molar-refractivity contribution in [3.8, 4) is 17.1 Å². The van der Waals surface area contributed by atoms with Crippen LogP contribution in [0.4, 0.5) is 5.69 Å². The number of para-hydroxylation sites is 2. The van der Waals surface area contributed by atoms with Crippen LogP contribution in [0.15, 0.2) is 70.7 Å². The van der Waals surface area contributed by atoms with E-state index in [0.717, 1.165) is 0 Å². The van der Waals surface area contributed by atoms with E-state index in [1.807, 2.05) is 0 Å². The molecule has 1 aliphatic heterocycles. The van der Waals surface area contributed by atoms with Gasteiger partial charge in [0.2, 0.25) is 0 Å². The molecule has 0 saturated carbocycles. The average Bonchev–Trinajstić information content (AvgIpc) is 3.26. The molecule has 0 atom stereocenters. The number of carbonyl (C=O) groups is 3. The van der Waals surface area contributed by atoms with E-state index in [1.54, 1.807) is 48.5 Å². The fourth-order valence-corrected chi connectivity index (χ4v) is 3.50. The molecule has 0 aliphatic carbocycles. The Labute approximate surface area is 187 Å². The van der Waals surface area contributed by atoms with E-state index in [-0.39, 0.29) is 22.0 Å². The van der Waals surface area contributed by atoms with Crippen LogP contribution in [-0.2, 0) is 9.59 Å². The van der Waals surface area contributed by atoms with Gasteiger partial charge in [0, 0.05) is 5.56 Å². The molecule has 4 rings (SSSR count). The molecular formula is C23H16N2O6S. The summed E-state index contributed by atoms with van der Waals surface area (Å²) >= 11 is 5.21. The highest BCUT2D eigenvalue weighted by atomic mass is 32.1. The SMILES string of the molecule is COc1ccccc1N1C(=O)/C(=C\c2ccc(-c3cccc(C(=O)O)c3)o2)C(=O)NC1=S. The quantitative estimate of drug-likeness (QED) is 0.349. The lowest BCUT2D eigenvalue weighted by Crippen LogP contribution is -2.54. The standard InChI is InChI=1S/C23H16N2O6S/c1-30-19-8-3-2-7-17(19)25-21(27)16(20(26)24-23(25)32)12-15-9-10-18(31-15)13-5-4-6-14(11-13)22(28)29/h2-12H,1H3,(H,28,29)(H,24,26,32)/b16-12-. The third-order valence-corrected chi connectivity index (χ3v) is 5.02. The highest BCUT2D eigenvalue weighted by Crippen LogP contribution is 2.31. The summed E-state index contributed by atoms with van der Waals surface area (Å²) in [5, 5.41) is 11.6. The second-order valence-electron chi connectivity index (χ2n) is 6.72. The van der Waals surface area contributed by atoms with Crippen molar-refractivity contribution in [2.75, 3.05) is 12.0 Å². The summed E-state index contributed by atoms with van der Waals surface area (Å²) in [4.78, 5) is 38.0. The van der Waals surface area contributed by atoms with Crippen LogP contribution in [0.5, 0.6) is 5.75 Å². The Balaban J connectivity index is 1.69. The summed E-state index contributed by atoms with van der Waals surface area (Å²) < 4.78 is 11.0. The first-order valence-corrected chi connectivity index (χ1v) is 9.78. The van der Waals surface area contributed by atoms with Crippen LogP contribution < -0.4 is 15.0 Å². The Morgan fingerprint density at radius 3 is 2.66 bits per heavy atom. The first kappa shape index (κ1) is 21.0. The van der Waals surface area contributed by atoms with E-state index >= 15 is 0 Å². The van der Waals surface area contributed by atoms with Crippen molar-refractivity contribution in [2.24, 2.45) is 0 Å². The van der Waals surface area contributed by atoms with Gasteiger partial charge in [-0.05, 0) is 54.7 Å². The number of methoxy groups -OCH3 is 1. The van der Waals surface area contributed by atoms with Gasteiger partial charge in [-0.2, -0.15) is 0 Å². The summed E-state index contributed by atoms with van der Waals surface area (Å²) in [6, 6.07) is 16.2. The van der Waals surface area contributed by atoms with Crippen molar-refractivity contribution in [1.29, 1.82) is 0 Å². The van der Waals surface area contributed by atoms with Crippen LogP contribution in [0.25, 0.3) is 17.4 Å². The molecule has 0 spiro atoms. The minimum Gasteiger partial charge on any atom is -0.495 e. The number of carboxylic acids is 1. The summed E-state index contributed by atoms with van der Waals surface area (Å²) in [5.74, 6) is -1.30. The number of anilines is 1. The fraction of sp³-hybridized carbons (Fsp3) is 0.0435. The number of amides is 2. The lowest BCUT2D eigenvalue weighted by molar-refractivity contribution is -0.122. The zero-order chi connectivity index (χ0) is 22.8. The molecule has 8 nitrogen and oxygen atoms in total. The Bertz CT molecular complexity index is 1290. The first-order valence-electron chi connectivity index (χ1n) is 9.37. The molecule has 0 radical (unpaired) electrons. The predicted octanol–water partition coefficient (Wildman–Crippen LogP) is 3.48. The Morgan fingerprint density at radius 1 is 1.12 bits per heavy atom. The van der Waals surface area contributed by atoms with Crippen LogP contribution in [0.2, 0.25) is 0 Å². The third kappa shape index (κ3) is 3.88. The summed E-state index contributed by atoms with van der Waals surface area (Å²) in [7, 11) is 1.47. The first-order chi connectivity index (χ1) is 15.4. The van der Waals surface area contributed by atoms with Crippen LogP contribution >= 0.6 is 12.2 Å². The molecule has 1 aliphatic rings. The number of ether oxygens (including phenoxy) is 1. The molecule has 3 aromatic rings. The molecule has 2 heterocycles. The number of thiocarbonyl (C=S) groups is 1. The normalized spacial score (nSPS) is 15.1. The van der Waals surface area contributed by atoms with Gasteiger partial charge in [0.15, 0.2) is 5.11 Å². The molecule has 0 unspecified atom stereocenters. The van der Waals surface area contributed by atoms with Crippen LogP contribution in [0.3, 0.4) is 0 Å². The minimum absolute atomic E-state index is 0.0627. The highest BCUT2D eigenvalue weighted by Gasteiger charge is 2.36. The van der Waals surface area contributed by atoms with E-state index in [4.69, 9.17) is 26.5 Å². The van der Waals surface area contributed by atoms with Gasteiger partial charge in [-0.1, -0.05) is 24.3 Å². The molecule has 2 amide bonds. The topological polar surface area (TPSA) is 109 Å². The molecule has 0 bridgehead atoms. The van der Waals surface area contributed by atoms with Crippen LogP contribution in [0, 0.1) is 0 Å². The molecule has 1 aromatic heterocycles. The van der Waals surface area contributed by atoms with Gasteiger partial charge in [-0.25, -0.2) is 9.69 Å². The number of carboxylic acid groups (broad SMARTS) is 1. The number of nitrogens with one attached hydrogen (secondary N) is 1. The van der Waals surface area contributed by atoms with Gasteiger partial charge < -0.3 is 14.3 Å². The van der Waals surface area contributed by atoms with Crippen LogP contribution in [0.1, 0.15) is 16.1 Å². The number of aromatic carboxylic acids is 1. The monoisotopic (exact) mass is 448 g/mol. The van der Waals surface area contributed by atoms with Crippen molar-refractivity contribution in [1.82, 2.24) is 5.32 Å². The number of hydrogen-bond donors (Lipinski definition) is 2. The Hall–Kier alpha value is -4.24. The third-order valence-electron chi connectivity index (χ3n) is 4.74. The minimum atomic E-state index is -1.06. The largest absolute Gasteiger partial charge is 0.495 e. The number of furan rings is 1. The summed E-state index contributed by atoms with van der Waals surface area (Å²) in [5.41, 5.74) is 0.874. The molecule has 2 N–H and O–H groups in total. The second kappa shape index (κ2) is 8.48. The fourth-order valence-electron chi connectivity index (χ4n) is 3.22. The van der Waals surface area contributed by atoms with Crippen molar-refractivity contribution in [3.63, 3.8) is 0 Å². The van der Waals surface area contributed by atoms with Crippen molar-refractivity contribution >= 4 is 46.9 Å². The lowest BCUT2D eigenvalue weighted by Gasteiger charge is -2.29. The molecule has 2 aromatic carbocycles. The van der Waals surface area contributed by atoms with Crippen molar-refractivity contribution < 1.29 is 28.6 Å². The van der Waals surface area contributed by atoms with Crippen molar-refractivity contribution in [3.05, 3.63) is 77.6 Å². The lowest BCUT2D eigenvalue weighted by atomic mass is 10.1. The number of hydrogen-bond acceptors (Lipinski definition) is 6. The maximum atomic E-state index is 13.2. The number of rotatable bonds is 5. The molecule has 160 valence electrons. The highest BCUT2D eigenvalue weighted by molar-refractivity contribution is 7.80. The van der Waals surface area contributed by atoms with E-state index in [1.165, 1.54) is 30.2 Å². The van der Waals surface area contributed by atoms with E-state index in [0.29, 0.717) is 22.8 Å². The van der Waals surface area contributed by atoms with Gasteiger partial charge in [0.25, 0.3) is 11.8 Å². The van der Waals surface area contributed by atoms with Crippen LogP contribution in [-0.4, -0.2) is 35.1 Å². The summed E-state index contributed by atoms with van der Waals surface area (Å²) in [6.45, 7) is 0. The van der Waals surface area contributed by atoms with Gasteiger partial charge >= 0.3 is 5.97 Å². The van der Waals surface area contributed by atoms with Gasteiger partial charge in [-0.3, -0.25) is 14.9 Å². The predicted molar refractivity (Wildman–Crippen MR) is 120 cm³/mol. The van der Waals surface area contributed by atoms with Gasteiger partial charge in [-0.15, -0.1) is 0 Å². The van der Waals surface area contributed by atoms with Gasteiger partial charge in [0.1, 0.15) is 22.8 Å². The number of benzene rings is 2. The number of carbonyl (C=O) groups excluding carboxylic acids is 2. The Kier molecular flexibility index (Phi) is 5.57. The van der Waals surface area contributed by atoms with E-state index < -0.39 is 17.8 Å². The molecule has 9 heteroatoms. The maximum Gasteiger partial charge on any atom is 0.335 e. The zero-order valence-corrected chi connectivity index (χ0v) is 17.5. The molecule has 1 fully saturated rings.